The van der Waals surface area contributed by atoms with Crippen LogP contribution in [0.5, 0.6) is 5.88 Å². The Morgan fingerprint density at radius 3 is 2.29 bits per heavy atom. The molecule has 0 atom stereocenters. The molecule has 0 spiro atoms. The zero-order valence-electron chi connectivity index (χ0n) is 21.7. The molecule has 4 saturated carbocycles. The number of aromatic hydroxyl groups is 1. The van der Waals surface area contributed by atoms with Crippen molar-refractivity contribution in [2.24, 2.45) is 22.7 Å². The van der Waals surface area contributed by atoms with Crippen LogP contribution in [0.25, 0.3) is 5.69 Å². The first-order chi connectivity index (χ1) is 18.2. The molecular formula is C30H32N4O3S. The third-order valence-corrected chi connectivity index (χ3v) is 9.04. The largest absolute Gasteiger partial charge is 0.493 e. The third kappa shape index (κ3) is 4.41. The number of hydrogen-bond acceptors (Lipinski definition) is 4. The first kappa shape index (κ1) is 24.8. The maximum Gasteiger partial charge on any atom is 0.335 e. The second kappa shape index (κ2) is 9.34. The van der Waals surface area contributed by atoms with E-state index in [2.05, 4.69) is 27.4 Å². The lowest BCUT2D eigenvalue weighted by atomic mass is 9.48. The predicted octanol–water partition coefficient (Wildman–Crippen LogP) is 5.13. The number of rotatable bonds is 4. The molecule has 0 radical (unpaired) electrons. The quantitative estimate of drug-likeness (QED) is 0.322. The molecule has 7 rings (SSSR count). The number of aromatic nitrogens is 2. The summed E-state index contributed by atoms with van der Waals surface area (Å²) in [6.07, 6.45) is 9.08. The number of nitrogens with zero attached hydrogens (tertiary/aromatic N) is 2. The average molecular weight is 529 g/mol. The van der Waals surface area contributed by atoms with Crippen molar-refractivity contribution in [2.45, 2.75) is 57.8 Å². The fraction of sp³-hybridized carbons (Fsp3) is 0.400. The smallest absolute Gasteiger partial charge is 0.335 e. The molecule has 0 amide bonds. The van der Waals surface area contributed by atoms with Crippen LogP contribution in [0.15, 0.2) is 57.0 Å². The number of hydrogen-bond donors (Lipinski definition) is 3. The van der Waals surface area contributed by atoms with Gasteiger partial charge in [0.05, 0.1) is 5.69 Å². The zero-order valence-corrected chi connectivity index (χ0v) is 22.5. The van der Waals surface area contributed by atoms with Gasteiger partial charge in [0.1, 0.15) is 5.56 Å². The molecule has 4 aliphatic rings. The van der Waals surface area contributed by atoms with Gasteiger partial charge in [-0.25, -0.2) is 14.4 Å². The van der Waals surface area contributed by atoms with Gasteiger partial charge in [-0.15, -0.1) is 0 Å². The second-order valence-electron chi connectivity index (χ2n) is 11.6. The molecule has 0 unspecified atom stereocenters. The van der Waals surface area contributed by atoms with Crippen LogP contribution in [0.3, 0.4) is 0 Å². The number of H-pyrrole nitrogens is 1. The Morgan fingerprint density at radius 1 is 1.05 bits per heavy atom. The van der Waals surface area contributed by atoms with Crippen LogP contribution in [0.4, 0.5) is 5.69 Å². The van der Waals surface area contributed by atoms with Gasteiger partial charge in [0.2, 0.25) is 5.88 Å². The van der Waals surface area contributed by atoms with Crippen molar-refractivity contribution in [1.29, 1.82) is 0 Å². The standard InChI is InChI=1S/C30H32N4O3S/c1-17-3-8-25(18(2)9-17)32-28(38)31-16-24-26(35)33-29(37)34(27(24)36)23-6-4-22(5-7-23)30-13-19-10-20(14-30)12-21(11-19)15-30/h3-9,16,19-21,36H,10-15H2,1-2H3,(H,32,38)(H,33,35,37). The summed E-state index contributed by atoms with van der Waals surface area (Å²) < 4.78 is 1.10. The highest BCUT2D eigenvalue weighted by Crippen LogP contribution is 2.60. The normalized spacial score (nSPS) is 25.7. The van der Waals surface area contributed by atoms with Crippen LogP contribution in [0, 0.1) is 31.6 Å². The van der Waals surface area contributed by atoms with Crippen molar-refractivity contribution in [3.8, 4) is 11.6 Å². The van der Waals surface area contributed by atoms with E-state index in [0.29, 0.717) is 5.69 Å². The van der Waals surface area contributed by atoms with E-state index in [1.807, 2.05) is 44.2 Å². The lowest BCUT2D eigenvalue weighted by molar-refractivity contribution is -0.00518. The zero-order chi connectivity index (χ0) is 26.6. The van der Waals surface area contributed by atoms with E-state index < -0.39 is 17.1 Å². The van der Waals surface area contributed by atoms with E-state index in [-0.39, 0.29) is 16.1 Å². The van der Waals surface area contributed by atoms with Crippen LogP contribution in [-0.2, 0) is 5.41 Å². The Morgan fingerprint density at radius 2 is 1.68 bits per heavy atom. The average Bonchev–Trinajstić information content (AvgIpc) is 2.85. The van der Waals surface area contributed by atoms with Gasteiger partial charge < -0.3 is 10.4 Å². The first-order valence-corrected chi connectivity index (χ1v) is 13.7. The van der Waals surface area contributed by atoms with E-state index in [1.54, 1.807) is 0 Å². The summed E-state index contributed by atoms with van der Waals surface area (Å²) in [6.45, 7) is 3.97. The molecule has 38 heavy (non-hydrogen) atoms. The minimum atomic E-state index is -0.730. The van der Waals surface area contributed by atoms with Crippen LogP contribution < -0.4 is 16.6 Å². The molecule has 0 saturated heterocycles. The maximum atomic E-state index is 12.7. The lowest BCUT2D eigenvalue weighted by Crippen LogP contribution is -2.48. The van der Waals surface area contributed by atoms with E-state index in [4.69, 9.17) is 12.2 Å². The molecule has 1 heterocycles. The van der Waals surface area contributed by atoms with Gasteiger partial charge >= 0.3 is 5.69 Å². The van der Waals surface area contributed by atoms with Gasteiger partial charge in [-0.2, -0.15) is 0 Å². The van der Waals surface area contributed by atoms with Crippen LogP contribution in [-0.4, -0.2) is 26.0 Å². The van der Waals surface area contributed by atoms with Crippen molar-refractivity contribution in [3.63, 3.8) is 0 Å². The summed E-state index contributed by atoms with van der Waals surface area (Å²) in [5.74, 6) is 2.04. The van der Waals surface area contributed by atoms with E-state index >= 15 is 0 Å². The topological polar surface area (TPSA) is 99.5 Å². The molecule has 3 N–H and O–H groups in total. The Labute approximate surface area is 226 Å². The fourth-order valence-corrected chi connectivity index (χ4v) is 7.71. The molecule has 4 aliphatic carbocycles. The van der Waals surface area contributed by atoms with Crippen LogP contribution >= 0.6 is 12.2 Å². The summed E-state index contributed by atoms with van der Waals surface area (Å²) >= 11 is 5.32. The number of aromatic amines is 1. The van der Waals surface area contributed by atoms with Crippen molar-refractivity contribution >= 4 is 29.2 Å². The molecule has 196 valence electrons. The van der Waals surface area contributed by atoms with Gasteiger partial charge in [-0.3, -0.25) is 9.78 Å². The molecule has 8 heteroatoms. The predicted molar refractivity (Wildman–Crippen MR) is 154 cm³/mol. The highest BCUT2D eigenvalue weighted by molar-refractivity contribution is 7.80. The monoisotopic (exact) mass is 528 g/mol. The number of anilines is 1. The molecular weight excluding hydrogens is 496 g/mol. The highest BCUT2D eigenvalue weighted by Gasteiger charge is 2.51. The SMILES string of the molecule is Cc1ccc(NC(=S)N=Cc2c(O)n(-c3ccc(C45CC6CC(CC(C6)C4)C5)cc3)c(=O)[nH]c2=O)c(C)c1. The number of nitrogens with one attached hydrogen (secondary N) is 2. The van der Waals surface area contributed by atoms with Gasteiger partial charge in [-0.1, -0.05) is 29.8 Å². The van der Waals surface area contributed by atoms with Gasteiger partial charge in [0.15, 0.2) is 5.11 Å². The molecule has 3 aromatic rings. The summed E-state index contributed by atoms with van der Waals surface area (Å²) in [6, 6.07) is 13.8. The summed E-state index contributed by atoms with van der Waals surface area (Å²) in [5.41, 5.74) is 3.42. The van der Waals surface area contributed by atoms with Gasteiger partial charge in [0, 0.05) is 11.9 Å². The Balaban J connectivity index is 1.27. The van der Waals surface area contributed by atoms with E-state index in [1.165, 1.54) is 50.3 Å². The first-order valence-electron chi connectivity index (χ1n) is 13.3. The summed E-state index contributed by atoms with van der Waals surface area (Å²) in [7, 11) is 0. The Bertz CT molecular complexity index is 1530. The molecule has 4 fully saturated rings. The molecule has 4 bridgehead atoms. The molecule has 7 nitrogen and oxygen atoms in total. The van der Waals surface area contributed by atoms with Crippen LogP contribution in [0.2, 0.25) is 0 Å². The Hall–Kier alpha value is -3.52. The van der Waals surface area contributed by atoms with E-state index in [9.17, 15) is 14.7 Å². The Kier molecular flexibility index (Phi) is 6.10. The lowest BCUT2D eigenvalue weighted by Gasteiger charge is -2.57. The van der Waals surface area contributed by atoms with Gasteiger partial charge in [0.25, 0.3) is 5.56 Å². The molecule has 2 aromatic carbocycles. The fourth-order valence-electron chi connectivity index (χ4n) is 7.55. The third-order valence-electron chi connectivity index (χ3n) is 8.83. The number of aliphatic imine (C=N–C) groups is 1. The molecule has 1 aromatic heterocycles. The van der Waals surface area contributed by atoms with Gasteiger partial charge in [-0.05, 0) is 117 Å². The highest BCUT2D eigenvalue weighted by atomic mass is 32.1. The number of aryl methyl sites for hydroxylation is 2. The van der Waals surface area contributed by atoms with Crippen molar-refractivity contribution < 1.29 is 5.11 Å². The van der Waals surface area contributed by atoms with Crippen LogP contribution in [0.1, 0.15) is 60.8 Å². The molecule has 0 aliphatic heterocycles. The minimum Gasteiger partial charge on any atom is -0.493 e. The number of thiocarbonyl (C=S) groups is 1. The van der Waals surface area contributed by atoms with Crippen molar-refractivity contribution in [1.82, 2.24) is 9.55 Å². The number of benzene rings is 2. The van der Waals surface area contributed by atoms with Crippen molar-refractivity contribution in [3.05, 3.63) is 85.6 Å². The van der Waals surface area contributed by atoms with Crippen molar-refractivity contribution in [2.75, 3.05) is 5.32 Å². The minimum absolute atomic E-state index is 0.133. The summed E-state index contributed by atoms with van der Waals surface area (Å²) in [5, 5.41) is 14.1. The second-order valence-corrected chi connectivity index (χ2v) is 12.0. The summed E-state index contributed by atoms with van der Waals surface area (Å²) in [4.78, 5) is 31.7. The van der Waals surface area contributed by atoms with E-state index in [0.717, 1.165) is 39.1 Å². The maximum absolute atomic E-state index is 12.7.